The van der Waals surface area contributed by atoms with Gasteiger partial charge in [-0.25, -0.2) is 0 Å². The first-order chi connectivity index (χ1) is 8.93. The molecule has 0 aromatic heterocycles. The first-order valence-electron chi connectivity index (χ1n) is 7.58. The summed E-state index contributed by atoms with van der Waals surface area (Å²) < 4.78 is 11.1. The zero-order valence-corrected chi connectivity index (χ0v) is 11.2. The quantitative estimate of drug-likeness (QED) is 0.786. The molecule has 2 heterocycles. The van der Waals surface area contributed by atoms with Crippen LogP contribution in [0.5, 0.6) is 0 Å². The Kier molecular flexibility index (Phi) is 4.52. The Bertz CT molecular complexity index is 250. The summed E-state index contributed by atoms with van der Waals surface area (Å²) in [5.74, 6) is 0.758. The average Bonchev–Trinajstić information content (AvgIpc) is 2.89. The fraction of sp³-hybridized carbons (Fsp3) is 1.00. The molecule has 18 heavy (non-hydrogen) atoms. The Morgan fingerprint density at radius 2 is 1.83 bits per heavy atom. The molecule has 4 nitrogen and oxygen atoms in total. The van der Waals surface area contributed by atoms with Crippen LogP contribution in [0.3, 0.4) is 0 Å². The lowest BCUT2D eigenvalue weighted by molar-refractivity contribution is 0.0456. The summed E-state index contributed by atoms with van der Waals surface area (Å²) >= 11 is 0. The fourth-order valence-corrected chi connectivity index (χ4v) is 3.70. The van der Waals surface area contributed by atoms with Gasteiger partial charge in [-0.2, -0.15) is 0 Å². The largest absolute Gasteiger partial charge is 0.381 e. The zero-order chi connectivity index (χ0) is 12.2. The predicted molar refractivity (Wildman–Crippen MR) is 70.7 cm³/mol. The van der Waals surface area contributed by atoms with Crippen molar-refractivity contribution in [3.63, 3.8) is 0 Å². The minimum absolute atomic E-state index is 0.568. The lowest BCUT2D eigenvalue weighted by atomic mass is 9.93. The van der Waals surface area contributed by atoms with Crippen molar-refractivity contribution in [3.8, 4) is 0 Å². The summed E-state index contributed by atoms with van der Waals surface area (Å²) in [6.07, 6.45) is 6.40. The van der Waals surface area contributed by atoms with Gasteiger partial charge in [-0.1, -0.05) is 6.42 Å². The van der Waals surface area contributed by atoms with Gasteiger partial charge in [-0.3, -0.25) is 0 Å². The van der Waals surface area contributed by atoms with Crippen LogP contribution < -0.4 is 10.6 Å². The minimum Gasteiger partial charge on any atom is -0.381 e. The molecule has 0 radical (unpaired) electrons. The van der Waals surface area contributed by atoms with Gasteiger partial charge in [0.05, 0.1) is 13.2 Å². The van der Waals surface area contributed by atoms with E-state index >= 15 is 0 Å². The van der Waals surface area contributed by atoms with Crippen molar-refractivity contribution in [2.24, 2.45) is 5.92 Å². The summed E-state index contributed by atoms with van der Waals surface area (Å²) in [7, 11) is 0. The number of morpholine rings is 1. The van der Waals surface area contributed by atoms with Crippen molar-refractivity contribution in [2.75, 3.05) is 33.0 Å². The molecule has 3 unspecified atom stereocenters. The van der Waals surface area contributed by atoms with Gasteiger partial charge in [0.1, 0.15) is 0 Å². The van der Waals surface area contributed by atoms with Gasteiger partial charge in [0, 0.05) is 37.9 Å². The summed E-state index contributed by atoms with van der Waals surface area (Å²) in [5, 5.41) is 7.53. The second-order valence-electron chi connectivity index (χ2n) is 5.89. The number of ether oxygens (including phenoxy) is 2. The Morgan fingerprint density at radius 3 is 2.61 bits per heavy atom. The standard InChI is InChI=1S/C14H26N2O2/c1-2-12(14-10-18-9-6-15-14)13(3-1)16-11-4-7-17-8-5-11/h11-16H,1-10H2. The van der Waals surface area contributed by atoms with Gasteiger partial charge in [0.15, 0.2) is 0 Å². The van der Waals surface area contributed by atoms with Crippen molar-refractivity contribution in [3.05, 3.63) is 0 Å². The average molecular weight is 254 g/mol. The van der Waals surface area contributed by atoms with Gasteiger partial charge in [-0.15, -0.1) is 0 Å². The van der Waals surface area contributed by atoms with Crippen molar-refractivity contribution < 1.29 is 9.47 Å². The number of hydrogen-bond acceptors (Lipinski definition) is 4. The Morgan fingerprint density at radius 1 is 0.944 bits per heavy atom. The minimum atomic E-state index is 0.568. The van der Waals surface area contributed by atoms with Crippen LogP contribution in [0.1, 0.15) is 32.1 Å². The summed E-state index contributed by atoms with van der Waals surface area (Å²) in [6.45, 7) is 4.66. The molecule has 0 bridgehead atoms. The van der Waals surface area contributed by atoms with E-state index in [1.165, 1.54) is 32.1 Å². The third-order valence-corrected chi connectivity index (χ3v) is 4.71. The van der Waals surface area contributed by atoms with E-state index in [2.05, 4.69) is 10.6 Å². The molecular formula is C14H26N2O2. The lowest BCUT2D eigenvalue weighted by Crippen LogP contribution is -2.53. The predicted octanol–water partition coefficient (Wildman–Crippen LogP) is 0.912. The Labute approximate surface area is 110 Å². The molecule has 3 atom stereocenters. The van der Waals surface area contributed by atoms with E-state index in [-0.39, 0.29) is 0 Å². The SMILES string of the molecule is C1CC(NC2CCOCC2)C(C2COCCN2)C1. The van der Waals surface area contributed by atoms with E-state index < -0.39 is 0 Å². The molecule has 1 saturated carbocycles. The number of rotatable bonds is 3. The van der Waals surface area contributed by atoms with Crippen LogP contribution in [0.2, 0.25) is 0 Å². The molecule has 2 saturated heterocycles. The third kappa shape index (κ3) is 3.05. The van der Waals surface area contributed by atoms with Crippen LogP contribution in [-0.4, -0.2) is 51.1 Å². The molecule has 104 valence electrons. The third-order valence-electron chi connectivity index (χ3n) is 4.71. The maximum atomic E-state index is 5.62. The second kappa shape index (κ2) is 6.33. The van der Waals surface area contributed by atoms with E-state index in [0.29, 0.717) is 18.1 Å². The van der Waals surface area contributed by atoms with Crippen LogP contribution in [-0.2, 0) is 9.47 Å². The monoisotopic (exact) mass is 254 g/mol. The molecule has 0 aromatic rings. The highest BCUT2D eigenvalue weighted by atomic mass is 16.5. The van der Waals surface area contributed by atoms with E-state index in [0.717, 1.165) is 38.9 Å². The molecule has 0 amide bonds. The van der Waals surface area contributed by atoms with Gasteiger partial charge in [-0.05, 0) is 31.6 Å². The van der Waals surface area contributed by atoms with E-state index in [9.17, 15) is 0 Å². The van der Waals surface area contributed by atoms with Gasteiger partial charge < -0.3 is 20.1 Å². The maximum Gasteiger partial charge on any atom is 0.0623 e. The molecule has 2 N–H and O–H groups in total. The summed E-state index contributed by atoms with van der Waals surface area (Å²) in [6, 6.07) is 1.93. The molecule has 1 aliphatic carbocycles. The molecular weight excluding hydrogens is 228 g/mol. The van der Waals surface area contributed by atoms with Crippen molar-refractivity contribution in [1.29, 1.82) is 0 Å². The highest BCUT2D eigenvalue weighted by Gasteiger charge is 2.35. The van der Waals surface area contributed by atoms with Crippen LogP contribution in [0.15, 0.2) is 0 Å². The van der Waals surface area contributed by atoms with E-state index in [4.69, 9.17) is 9.47 Å². The smallest absolute Gasteiger partial charge is 0.0623 e. The number of hydrogen-bond donors (Lipinski definition) is 2. The normalized spacial score (nSPS) is 39.0. The van der Waals surface area contributed by atoms with Crippen LogP contribution in [0, 0.1) is 5.92 Å². The Balaban J connectivity index is 1.53. The molecule has 3 aliphatic rings. The van der Waals surface area contributed by atoms with Crippen molar-refractivity contribution in [2.45, 2.75) is 50.2 Å². The van der Waals surface area contributed by atoms with E-state index in [1.807, 2.05) is 0 Å². The molecule has 3 rings (SSSR count). The zero-order valence-electron chi connectivity index (χ0n) is 11.2. The molecule has 0 aromatic carbocycles. The van der Waals surface area contributed by atoms with E-state index in [1.54, 1.807) is 0 Å². The van der Waals surface area contributed by atoms with Crippen LogP contribution in [0.25, 0.3) is 0 Å². The van der Waals surface area contributed by atoms with Crippen molar-refractivity contribution in [1.82, 2.24) is 10.6 Å². The molecule has 4 heteroatoms. The van der Waals surface area contributed by atoms with Gasteiger partial charge in [0.2, 0.25) is 0 Å². The summed E-state index contributed by atoms with van der Waals surface area (Å²) in [5.41, 5.74) is 0. The highest BCUT2D eigenvalue weighted by molar-refractivity contribution is 4.93. The molecule has 3 fully saturated rings. The maximum absolute atomic E-state index is 5.62. The van der Waals surface area contributed by atoms with Crippen LogP contribution >= 0.6 is 0 Å². The highest BCUT2D eigenvalue weighted by Crippen LogP contribution is 2.30. The second-order valence-corrected chi connectivity index (χ2v) is 5.89. The number of nitrogens with one attached hydrogen (secondary N) is 2. The molecule has 2 aliphatic heterocycles. The van der Waals surface area contributed by atoms with Crippen LogP contribution in [0.4, 0.5) is 0 Å². The first-order valence-corrected chi connectivity index (χ1v) is 7.58. The first kappa shape index (κ1) is 12.9. The molecule has 0 spiro atoms. The van der Waals surface area contributed by atoms with Gasteiger partial charge >= 0.3 is 0 Å². The lowest BCUT2D eigenvalue weighted by Gasteiger charge is -2.35. The van der Waals surface area contributed by atoms with Gasteiger partial charge in [0.25, 0.3) is 0 Å². The van der Waals surface area contributed by atoms with Crippen molar-refractivity contribution >= 4 is 0 Å². The Hall–Kier alpha value is -0.160. The fourth-order valence-electron chi connectivity index (χ4n) is 3.70. The summed E-state index contributed by atoms with van der Waals surface area (Å²) in [4.78, 5) is 0. The topological polar surface area (TPSA) is 42.5 Å².